The lowest BCUT2D eigenvalue weighted by Crippen LogP contribution is -2.16. The van der Waals surface area contributed by atoms with Gasteiger partial charge in [0.15, 0.2) is 5.82 Å². The number of hydrogen-bond acceptors (Lipinski definition) is 4. The minimum absolute atomic E-state index is 0.0109. The quantitative estimate of drug-likeness (QED) is 0.236. The number of methoxy groups -OCH3 is 1. The van der Waals surface area contributed by atoms with Gasteiger partial charge in [-0.1, -0.05) is 69.0 Å². The van der Waals surface area contributed by atoms with Gasteiger partial charge in [0.05, 0.1) is 18.4 Å². The van der Waals surface area contributed by atoms with Crippen molar-refractivity contribution >= 4 is 21.7 Å². The summed E-state index contributed by atoms with van der Waals surface area (Å²) in [5.41, 5.74) is 1.99. The highest BCUT2D eigenvalue weighted by Gasteiger charge is 2.25. The maximum absolute atomic E-state index is 15.6. The fraction of sp³-hybridized carbons (Fsp3) is 0.387. The molecule has 3 aromatic rings. The first-order chi connectivity index (χ1) is 18.7. The van der Waals surface area contributed by atoms with E-state index in [0.717, 1.165) is 5.92 Å². The van der Waals surface area contributed by atoms with Gasteiger partial charge in [-0.2, -0.15) is 0 Å². The highest BCUT2D eigenvalue weighted by molar-refractivity contribution is 7.92. The van der Waals surface area contributed by atoms with Gasteiger partial charge in [0.2, 0.25) is 0 Å². The average Bonchev–Trinajstić information content (AvgIpc) is 2.93. The van der Waals surface area contributed by atoms with Crippen molar-refractivity contribution in [2.45, 2.75) is 69.1 Å². The molecule has 0 radical (unpaired) electrons. The van der Waals surface area contributed by atoms with E-state index < -0.39 is 26.7 Å². The molecule has 1 saturated carbocycles. The molecule has 1 aliphatic rings. The lowest BCUT2D eigenvalue weighted by molar-refractivity contribution is 0.0696. The molecule has 39 heavy (non-hydrogen) atoms. The molecule has 0 atom stereocenters. The van der Waals surface area contributed by atoms with Gasteiger partial charge >= 0.3 is 5.97 Å². The molecule has 6 nitrogen and oxygen atoms in total. The van der Waals surface area contributed by atoms with Crippen molar-refractivity contribution in [1.82, 2.24) is 0 Å². The van der Waals surface area contributed by atoms with Crippen LogP contribution in [0.5, 0.6) is 5.75 Å². The fourth-order valence-electron chi connectivity index (χ4n) is 5.45. The van der Waals surface area contributed by atoms with E-state index in [1.807, 2.05) is 24.3 Å². The Morgan fingerprint density at radius 1 is 1.03 bits per heavy atom. The van der Waals surface area contributed by atoms with Crippen LogP contribution >= 0.6 is 0 Å². The predicted octanol–water partition coefficient (Wildman–Crippen LogP) is 7.85. The number of aromatic carboxylic acids is 1. The standard InChI is InChI=1S/C31H36FNO5S/c1-3-4-5-7-21-10-12-22(13-11-21)23-14-16-24(17-15-23)26-8-6-9-29(30(26)32)39(36,37)33-27-19-18-25(31(34)35)20-28(27)38-2/h6,8-9,14-22,33H,3-5,7,10-13H2,1-2H3,(H,34,35). The van der Waals surface area contributed by atoms with E-state index >= 15 is 4.39 Å². The number of halogens is 1. The second-order valence-corrected chi connectivity index (χ2v) is 11.9. The van der Waals surface area contributed by atoms with E-state index in [-0.39, 0.29) is 22.6 Å². The summed E-state index contributed by atoms with van der Waals surface area (Å²) in [7, 11) is -3.04. The number of carboxylic acids is 1. The first-order valence-corrected chi connectivity index (χ1v) is 15.0. The zero-order valence-electron chi connectivity index (χ0n) is 22.5. The fourth-order valence-corrected chi connectivity index (χ4v) is 6.62. The Labute approximate surface area is 230 Å². The number of carbonyl (C=O) groups is 1. The van der Waals surface area contributed by atoms with Gasteiger partial charge in [-0.05, 0) is 72.9 Å². The lowest BCUT2D eigenvalue weighted by Gasteiger charge is -2.29. The number of unbranched alkanes of at least 4 members (excludes halogenated alkanes) is 2. The number of hydrogen-bond donors (Lipinski definition) is 2. The van der Waals surface area contributed by atoms with Crippen LogP contribution in [-0.2, 0) is 10.0 Å². The monoisotopic (exact) mass is 553 g/mol. The maximum Gasteiger partial charge on any atom is 0.335 e. The molecule has 0 saturated heterocycles. The van der Waals surface area contributed by atoms with Crippen LogP contribution in [0.1, 0.15) is 80.1 Å². The molecular weight excluding hydrogens is 517 g/mol. The molecule has 1 aliphatic carbocycles. The number of carboxylic acid groups (broad SMARTS) is 1. The van der Waals surface area contributed by atoms with Crippen LogP contribution in [-0.4, -0.2) is 26.6 Å². The molecule has 0 spiro atoms. The average molecular weight is 554 g/mol. The van der Waals surface area contributed by atoms with Crippen molar-refractivity contribution in [3.8, 4) is 16.9 Å². The normalized spacial score (nSPS) is 17.5. The van der Waals surface area contributed by atoms with Gasteiger partial charge in [0.1, 0.15) is 10.6 Å². The van der Waals surface area contributed by atoms with Crippen molar-refractivity contribution in [2.75, 3.05) is 11.8 Å². The number of sulfonamides is 1. The Hall–Kier alpha value is -3.39. The predicted molar refractivity (Wildman–Crippen MR) is 151 cm³/mol. The first kappa shape index (κ1) is 28.6. The summed E-state index contributed by atoms with van der Waals surface area (Å²) < 4.78 is 49.4. The topological polar surface area (TPSA) is 92.7 Å². The van der Waals surface area contributed by atoms with Crippen LogP contribution < -0.4 is 9.46 Å². The van der Waals surface area contributed by atoms with E-state index in [9.17, 15) is 18.3 Å². The van der Waals surface area contributed by atoms with Gasteiger partial charge in [-0.3, -0.25) is 4.72 Å². The summed E-state index contributed by atoms with van der Waals surface area (Å²) in [4.78, 5) is 10.7. The minimum atomic E-state index is -4.33. The summed E-state index contributed by atoms with van der Waals surface area (Å²) in [5.74, 6) is -0.686. The molecule has 3 aromatic carbocycles. The van der Waals surface area contributed by atoms with E-state index in [4.69, 9.17) is 4.74 Å². The first-order valence-electron chi connectivity index (χ1n) is 13.6. The van der Waals surface area contributed by atoms with Crippen molar-refractivity contribution in [1.29, 1.82) is 0 Å². The lowest BCUT2D eigenvalue weighted by atomic mass is 9.77. The summed E-state index contributed by atoms with van der Waals surface area (Å²) >= 11 is 0. The van der Waals surface area contributed by atoms with E-state index in [1.165, 1.54) is 94.4 Å². The smallest absolute Gasteiger partial charge is 0.335 e. The van der Waals surface area contributed by atoms with Crippen molar-refractivity contribution < 1.29 is 27.4 Å². The Morgan fingerprint density at radius 3 is 2.38 bits per heavy atom. The van der Waals surface area contributed by atoms with Gasteiger partial charge in [0.25, 0.3) is 10.0 Å². The molecule has 0 aliphatic heterocycles. The Kier molecular flexibility index (Phi) is 9.28. The molecule has 8 heteroatoms. The summed E-state index contributed by atoms with van der Waals surface area (Å²) in [6, 6.07) is 15.8. The third kappa shape index (κ3) is 6.79. The van der Waals surface area contributed by atoms with Crippen LogP contribution in [0.15, 0.2) is 65.6 Å². The zero-order chi connectivity index (χ0) is 28.0. The van der Waals surface area contributed by atoms with E-state index in [0.29, 0.717) is 11.5 Å². The molecule has 0 bridgehead atoms. The van der Waals surface area contributed by atoms with Crippen molar-refractivity contribution in [2.24, 2.45) is 5.92 Å². The van der Waals surface area contributed by atoms with Crippen LogP contribution in [0.2, 0.25) is 0 Å². The van der Waals surface area contributed by atoms with E-state index in [1.54, 1.807) is 6.07 Å². The Balaban J connectivity index is 1.50. The highest BCUT2D eigenvalue weighted by Crippen LogP contribution is 2.39. The third-order valence-corrected chi connectivity index (χ3v) is 9.08. The van der Waals surface area contributed by atoms with Gasteiger partial charge in [0, 0.05) is 5.56 Å². The number of benzene rings is 3. The molecule has 0 unspecified atom stereocenters. The van der Waals surface area contributed by atoms with Crippen molar-refractivity contribution in [3.63, 3.8) is 0 Å². The van der Waals surface area contributed by atoms with Gasteiger partial charge < -0.3 is 9.84 Å². The summed E-state index contributed by atoms with van der Waals surface area (Å²) in [6.45, 7) is 2.24. The zero-order valence-corrected chi connectivity index (χ0v) is 23.3. The number of ether oxygens (including phenoxy) is 1. The maximum atomic E-state index is 15.6. The molecular formula is C31H36FNO5S. The van der Waals surface area contributed by atoms with Gasteiger partial charge in [-0.25, -0.2) is 17.6 Å². The Bertz CT molecular complexity index is 1400. The highest BCUT2D eigenvalue weighted by atomic mass is 32.2. The third-order valence-electron chi connectivity index (χ3n) is 7.70. The summed E-state index contributed by atoms with van der Waals surface area (Å²) in [6.07, 6.45) is 10.0. The number of rotatable bonds is 11. The second-order valence-electron chi connectivity index (χ2n) is 10.3. The molecule has 0 amide bonds. The van der Waals surface area contributed by atoms with Crippen molar-refractivity contribution in [3.05, 3.63) is 77.6 Å². The van der Waals surface area contributed by atoms with Crippen LogP contribution in [0, 0.1) is 11.7 Å². The minimum Gasteiger partial charge on any atom is -0.495 e. The molecule has 0 aromatic heterocycles. The molecule has 4 rings (SSSR count). The number of nitrogens with one attached hydrogen (secondary N) is 1. The van der Waals surface area contributed by atoms with E-state index in [2.05, 4.69) is 11.6 Å². The molecule has 2 N–H and O–H groups in total. The van der Waals surface area contributed by atoms with Crippen LogP contribution in [0.4, 0.5) is 10.1 Å². The molecule has 208 valence electrons. The SMILES string of the molecule is CCCCCC1CCC(c2ccc(-c3cccc(S(=O)(=O)Nc4ccc(C(=O)O)cc4OC)c3F)cc2)CC1. The van der Waals surface area contributed by atoms with Crippen LogP contribution in [0.3, 0.4) is 0 Å². The molecule has 1 fully saturated rings. The Morgan fingerprint density at radius 2 is 1.74 bits per heavy atom. The van der Waals surface area contributed by atoms with Gasteiger partial charge in [-0.15, -0.1) is 0 Å². The largest absolute Gasteiger partial charge is 0.495 e. The molecule has 0 heterocycles. The second kappa shape index (κ2) is 12.6. The van der Waals surface area contributed by atoms with Crippen LogP contribution in [0.25, 0.3) is 11.1 Å². The summed E-state index contributed by atoms with van der Waals surface area (Å²) in [5, 5.41) is 9.18. The number of anilines is 1.